The van der Waals surface area contributed by atoms with Crippen LogP contribution >= 0.6 is 11.3 Å². The number of ether oxygens (including phenoxy) is 2. The molecule has 0 spiro atoms. The predicted molar refractivity (Wildman–Crippen MR) is 119 cm³/mol. The highest BCUT2D eigenvalue weighted by Crippen LogP contribution is 2.23. The van der Waals surface area contributed by atoms with Crippen LogP contribution in [0, 0.1) is 13.8 Å². The van der Waals surface area contributed by atoms with Gasteiger partial charge in [-0.05, 0) is 44.7 Å². The molecule has 7 heteroatoms. The first-order valence-corrected chi connectivity index (χ1v) is 11.2. The van der Waals surface area contributed by atoms with Crippen LogP contribution in [0.25, 0.3) is 0 Å². The van der Waals surface area contributed by atoms with Crippen LogP contribution in [0.1, 0.15) is 41.1 Å². The smallest absolute Gasteiger partial charge is 0.191 e. The Labute approximate surface area is 177 Å². The van der Waals surface area contributed by atoms with Crippen LogP contribution in [0.2, 0.25) is 0 Å². The van der Waals surface area contributed by atoms with Gasteiger partial charge in [0.05, 0.1) is 18.2 Å². The lowest BCUT2D eigenvalue weighted by atomic mass is 10.1. The average Bonchev–Trinajstić information content (AvgIpc) is 3.37. The summed E-state index contributed by atoms with van der Waals surface area (Å²) in [5, 5.41) is 10.1. The van der Waals surface area contributed by atoms with Gasteiger partial charge < -0.3 is 20.1 Å². The lowest BCUT2D eigenvalue weighted by Gasteiger charge is -2.18. The van der Waals surface area contributed by atoms with Crippen molar-refractivity contribution in [3.8, 4) is 5.75 Å². The van der Waals surface area contributed by atoms with E-state index < -0.39 is 0 Å². The lowest BCUT2D eigenvalue weighted by Crippen LogP contribution is -2.37. The van der Waals surface area contributed by atoms with Crippen LogP contribution in [0.5, 0.6) is 5.75 Å². The average molecular weight is 417 g/mol. The number of aliphatic imine (C=N–C) groups is 1. The fraction of sp³-hybridized carbons (Fsp3) is 0.545. The van der Waals surface area contributed by atoms with Gasteiger partial charge in [-0.3, -0.25) is 4.99 Å². The van der Waals surface area contributed by atoms with Crippen molar-refractivity contribution in [2.24, 2.45) is 4.99 Å². The van der Waals surface area contributed by atoms with Crippen molar-refractivity contribution in [1.29, 1.82) is 0 Å². The van der Waals surface area contributed by atoms with Crippen LogP contribution < -0.4 is 15.4 Å². The number of nitrogens with zero attached hydrogens (tertiary/aromatic N) is 2. The summed E-state index contributed by atoms with van der Waals surface area (Å²) in [4.78, 5) is 8.85. The third kappa shape index (κ3) is 7.01. The number of hydrogen-bond donors (Lipinski definition) is 2. The summed E-state index contributed by atoms with van der Waals surface area (Å²) in [5.74, 6) is 1.74. The molecule has 0 bridgehead atoms. The monoisotopic (exact) mass is 416 g/mol. The molecule has 1 fully saturated rings. The molecule has 1 saturated heterocycles. The molecule has 0 radical (unpaired) electrons. The number of guanidine groups is 1. The quantitative estimate of drug-likeness (QED) is 0.371. The molecule has 1 unspecified atom stereocenters. The highest BCUT2D eigenvalue weighted by atomic mass is 32.1. The molecule has 1 aliphatic heterocycles. The molecular weight excluding hydrogens is 384 g/mol. The number of benzene rings is 1. The van der Waals surface area contributed by atoms with Crippen molar-refractivity contribution in [2.45, 2.75) is 52.2 Å². The molecule has 0 amide bonds. The number of aryl methyl sites for hydroxylation is 3. The van der Waals surface area contributed by atoms with Crippen LogP contribution in [-0.4, -0.2) is 43.9 Å². The Bertz CT molecular complexity index is 800. The van der Waals surface area contributed by atoms with Gasteiger partial charge in [0.15, 0.2) is 5.96 Å². The zero-order valence-corrected chi connectivity index (χ0v) is 18.5. The van der Waals surface area contributed by atoms with Crippen LogP contribution in [0.15, 0.2) is 28.6 Å². The van der Waals surface area contributed by atoms with E-state index in [9.17, 15) is 0 Å². The minimum atomic E-state index is 0.148. The van der Waals surface area contributed by atoms with Gasteiger partial charge in [0, 0.05) is 43.2 Å². The summed E-state index contributed by atoms with van der Waals surface area (Å²) in [6.45, 7) is 7.14. The van der Waals surface area contributed by atoms with E-state index >= 15 is 0 Å². The fourth-order valence-electron chi connectivity index (χ4n) is 3.23. The molecule has 1 aliphatic rings. The maximum absolute atomic E-state index is 6.18. The van der Waals surface area contributed by atoms with E-state index in [0.717, 1.165) is 61.8 Å². The summed E-state index contributed by atoms with van der Waals surface area (Å²) >= 11 is 1.75. The Morgan fingerprint density at radius 1 is 1.31 bits per heavy atom. The first-order chi connectivity index (χ1) is 14.1. The van der Waals surface area contributed by atoms with Gasteiger partial charge in [0.25, 0.3) is 0 Å². The second-order valence-electron chi connectivity index (χ2n) is 7.41. The zero-order valence-electron chi connectivity index (χ0n) is 17.7. The Hall–Kier alpha value is -2.12. The van der Waals surface area contributed by atoms with Crippen LogP contribution in [-0.2, 0) is 17.7 Å². The normalized spacial score (nSPS) is 16.8. The molecule has 2 aromatic rings. The van der Waals surface area contributed by atoms with Crippen LogP contribution in [0.4, 0.5) is 0 Å². The molecule has 2 N–H and O–H groups in total. The third-order valence-electron chi connectivity index (χ3n) is 4.85. The highest BCUT2D eigenvalue weighted by molar-refractivity contribution is 7.09. The highest BCUT2D eigenvalue weighted by Gasteiger charge is 2.18. The third-order valence-corrected chi connectivity index (χ3v) is 5.88. The Morgan fingerprint density at radius 3 is 2.93 bits per heavy atom. The van der Waals surface area contributed by atoms with Crippen molar-refractivity contribution < 1.29 is 9.47 Å². The van der Waals surface area contributed by atoms with E-state index in [-0.39, 0.29) is 6.10 Å². The second-order valence-corrected chi connectivity index (χ2v) is 8.35. The predicted octanol–water partition coefficient (Wildman–Crippen LogP) is 3.62. The van der Waals surface area contributed by atoms with Crippen molar-refractivity contribution in [3.05, 3.63) is 45.4 Å². The number of nitrogens with one attached hydrogen (secondary N) is 2. The van der Waals surface area contributed by atoms with Crippen molar-refractivity contribution in [2.75, 3.05) is 26.8 Å². The van der Waals surface area contributed by atoms with Crippen molar-refractivity contribution in [3.63, 3.8) is 0 Å². The van der Waals surface area contributed by atoms with Crippen LogP contribution in [0.3, 0.4) is 0 Å². The van der Waals surface area contributed by atoms with Crippen molar-refractivity contribution >= 4 is 17.3 Å². The summed E-state index contributed by atoms with van der Waals surface area (Å²) in [6, 6.07) is 6.34. The van der Waals surface area contributed by atoms with Gasteiger partial charge in [-0.25, -0.2) is 4.98 Å². The van der Waals surface area contributed by atoms with E-state index in [1.54, 1.807) is 18.4 Å². The summed E-state index contributed by atoms with van der Waals surface area (Å²) in [5.41, 5.74) is 3.44. The molecule has 3 rings (SSSR count). The van der Waals surface area contributed by atoms with E-state index in [4.69, 9.17) is 9.47 Å². The van der Waals surface area contributed by atoms with Gasteiger partial charge >= 0.3 is 0 Å². The van der Waals surface area contributed by atoms with Gasteiger partial charge in [-0.1, -0.05) is 12.1 Å². The molecule has 2 heterocycles. The number of aromatic nitrogens is 1. The largest absolute Gasteiger partial charge is 0.488 e. The lowest BCUT2D eigenvalue weighted by molar-refractivity contribution is 0.140. The molecule has 29 heavy (non-hydrogen) atoms. The number of thiazole rings is 1. The molecule has 158 valence electrons. The SMILES string of the molecule is CN=C(NCCCCc1nc(C)cs1)NCc1ccc(C)cc1OC1CCOC1. The summed E-state index contributed by atoms with van der Waals surface area (Å²) < 4.78 is 11.6. The first kappa shape index (κ1) is 21.6. The van der Waals surface area contributed by atoms with Gasteiger partial charge in [-0.2, -0.15) is 0 Å². The Kier molecular flexibility index (Phi) is 8.31. The Morgan fingerprint density at radius 2 is 2.21 bits per heavy atom. The topological polar surface area (TPSA) is 67.8 Å². The van der Waals surface area contributed by atoms with E-state index in [0.29, 0.717) is 13.2 Å². The molecule has 1 aromatic carbocycles. The fourth-order valence-corrected chi connectivity index (χ4v) is 4.05. The number of unbranched alkanes of at least 4 members (excludes halogenated alkanes) is 1. The molecule has 1 aromatic heterocycles. The standard InChI is InChI=1S/C22H32N4O2S/c1-16-7-8-18(20(12-16)28-19-9-11-27-14-19)13-25-22(23-3)24-10-5-4-6-21-26-17(2)15-29-21/h7-8,12,15,19H,4-6,9-11,13-14H2,1-3H3,(H2,23,24,25). The number of hydrogen-bond acceptors (Lipinski definition) is 5. The Balaban J connectivity index is 1.42. The summed E-state index contributed by atoms with van der Waals surface area (Å²) in [7, 11) is 1.80. The van der Waals surface area contributed by atoms with E-state index in [1.807, 2.05) is 6.92 Å². The van der Waals surface area contributed by atoms with Gasteiger partial charge in [0.1, 0.15) is 11.9 Å². The molecular formula is C22H32N4O2S. The first-order valence-electron chi connectivity index (χ1n) is 10.3. The molecule has 0 saturated carbocycles. The summed E-state index contributed by atoms with van der Waals surface area (Å²) in [6.07, 6.45) is 4.34. The maximum atomic E-state index is 6.18. The van der Waals surface area contributed by atoms with Gasteiger partial charge in [0.2, 0.25) is 0 Å². The van der Waals surface area contributed by atoms with Gasteiger partial charge in [-0.15, -0.1) is 11.3 Å². The second kappa shape index (κ2) is 11.2. The molecule has 0 aliphatic carbocycles. The molecule has 6 nitrogen and oxygen atoms in total. The van der Waals surface area contributed by atoms with Crippen molar-refractivity contribution in [1.82, 2.24) is 15.6 Å². The van der Waals surface area contributed by atoms with E-state index in [1.165, 1.54) is 10.6 Å². The van der Waals surface area contributed by atoms with E-state index in [2.05, 4.69) is 51.1 Å². The zero-order chi connectivity index (χ0) is 20.5. The molecule has 1 atom stereocenters. The number of rotatable bonds is 9. The minimum Gasteiger partial charge on any atom is -0.488 e. The minimum absolute atomic E-state index is 0.148. The maximum Gasteiger partial charge on any atom is 0.191 e.